The number of benzene rings is 1. The Labute approximate surface area is 111 Å². The van der Waals surface area contributed by atoms with Gasteiger partial charge >= 0.3 is 0 Å². The Balaban J connectivity index is 2.50. The second-order valence-electron chi connectivity index (χ2n) is 4.37. The van der Waals surface area contributed by atoms with Gasteiger partial charge in [0.2, 0.25) is 0 Å². The lowest BCUT2D eigenvalue weighted by Crippen LogP contribution is -2.18. The molecule has 0 saturated heterocycles. The number of aryl methyl sites for hydroxylation is 2. The Morgan fingerprint density at radius 3 is 2.63 bits per heavy atom. The molecule has 0 atom stereocenters. The lowest BCUT2D eigenvalue weighted by Gasteiger charge is -1.97. The summed E-state index contributed by atoms with van der Waals surface area (Å²) in [4.78, 5) is 11.4. The van der Waals surface area contributed by atoms with E-state index in [2.05, 4.69) is 5.32 Å². The number of hydrogen-bond acceptors (Lipinski definition) is 3. The van der Waals surface area contributed by atoms with E-state index in [1.807, 2.05) is 38.1 Å². The van der Waals surface area contributed by atoms with Crippen molar-refractivity contribution >= 4 is 23.0 Å². The molecule has 0 aliphatic heterocycles. The zero-order chi connectivity index (χ0) is 14.0. The van der Waals surface area contributed by atoms with Gasteiger partial charge in [-0.2, -0.15) is 5.26 Å². The topological polar surface area (TPSA) is 66.0 Å². The summed E-state index contributed by atoms with van der Waals surface area (Å²) in [7, 11) is 1.48. The summed E-state index contributed by atoms with van der Waals surface area (Å²) in [6, 6.07) is 7.66. The summed E-state index contributed by atoms with van der Waals surface area (Å²) in [5, 5.41) is 12.3. The standard InChI is InChI=1S/C15H14N2O2/c1-9-4-11-6-13(19-14(11)5-10(9)2)7-12(8-16)15(18)17-3/h4-7H,1-3H3,(H,17,18)/b12-7+. The third kappa shape index (κ3) is 2.50. The molecule has 1 aromatic heterocycles. The van der Waals surface area contributed by atoms with Gasteiger partial charge in [0.05, 0.1) is 0 Å². The molecule has 1 heterocycles. The Morgan fingerprint density at radius 2 is 2.00 bits per heavy atom. The Morgan fingerprint density at radius 1 is 1.32 bits per heavy atom. The van der Waals surface area contributed by atoms with E-state index >= 15 is 0 Å². The van der Waals surface area contributed by atoms with Crippen LogP contribution in [-0.2, 0) is 4.79 Å². The summed E-state index contributed by atoms with van der Waals surface area (Å²) >= 11 is 0. The fourth-order valence-corrected chi connectivity index (χ4v) is 1.82. The van der Waals surface area contributed by atoms with E-state index in [1.165, 1.54) is 18.7 Å². The average Bonchev–Trinajstić information content (AvgIpc) is 2.77. The second-order valence-corrected chi connectivity index (χ2v) is 4.37. The molecule has 1 N–H and O–H groups in total. The maximum atomic E-state index is 11.4. The largest absolute Gasteiger partial charge is 0.457 e. The maximum absolute atomic E-state index is 11.4. The van der Waals surface area contributed by atoms with Crippen molar-refractivity contribution in [3.63, 3.8) is 0 Å². The fourth-order valence-electron chi connectivity index (χ4n) is 1.82. The third-order valence-corrected chi connectivity index (χ3v) is 3.03. The molecule has 1 aromatic carbocycles. The van der Waals surface area contributed by atoms with E-state index in [9.17, 15) is 4.79 Å². The van der Waals surface area contributed by atoms with Crippen LogP contribution in [0.5, 0.6) is 0 Å². The summed E-state index contributed by atoms with van der Waals surface area (Å²) in [5.41, 5.74) is 3.10. The first kappa shape index (κ1) is 12.9. The molecular weight excluding hydrogens is 240 g/mol. The lowest BCUT2D eigenvalue weighted by molar-refractivity contribution is -0.116. The summed E-state index contributed by atoms with van der Waals surface area (Å²) in [5.74, 6) is 0.0791. The highest BCUT2D eigenvalue weighted by atomic mass is 16.3. The lowest BCUT2D eigenvalue weighted by atomic mass is 10.1. The molecule has 2 rings (SSSR count). The number of nitriles is 1. The number of carbonyl (C=O) groups excluding carboxylic acids is 1. The zero-order valence-electron chi connectivity index (χ0n) is 11.1. The first-order valence-corrected chi connectivity index (χ1v) is 5.90. The van der Waals surface area contributed by atoms with Crippen molar-refractivity contribution in [1.29, 1.82) is 5.26 Å². The minimum absolute atomic E-state index is 0.0231. The van der Waals surface area contributed by atoms with Crippen LogP contribution in [-0.4, -0.2) is 13.0 Å². The summed E-state index contributed by atoms with van der Waals surface area (Å²) in [6.45, 7) is 4.04. The number of nitrogens with zero attached hydrogens (tertiary/aromatic N) is 1. The van der Waals surface area contributed by atoms with Gasteiger partial charge in [0.25, 0.3) is 5.91 Å². The van der Waals surface area contributed by atoms with Crippen molar-refractivity contribution in [2.24, 2.45) is 0 Å². The summed E-state index contributed by atoms with van der Waals surface area (Å²) < 4.78 is 5.62. The zero-order valence-corrected chi connectivity index (χ0v) is 11.1. The van der Waals surface area contributed by atoms with E-state index in [1.54, 1.807) is 0 Å². The molecular formula is C15H14N2O2. The van der Waals surface area contributed by atoms with Gasteiger partial charge in [0.15, 0.2) is 0 Å². The molecule has 1 amide bonds. The van der Waals surface area contributed by atoms with Crippen molar-refractivity contribution < 1.29 is 9.21 Å². The number of furan rings is 1. The molecule has 4 heteroatoms. The van der Waals surface area contributed by atoms with Crippen LogP contribution in [0.4, 0.5) is 0 Å². The molecule has 0 aliphatic rings. The van der Waals surface area contributed by atoms with E-state index < -0.39 is 5.91 Å². The van der Waals surface area contributed by atoms with Crippen molar-refractivity contribution in [3.8, 4) is 6.07 Å². The fraction of sp³-hybridized carbons (Fsp3) is 0.200. The van der Waals surface area contributed by atoms with Crippen LogP contribution in [0, 0.1) is 25.2 Å². The number of amides is 1. The van der Waals surface area contributed by atoms with Crippen molar-refractivity contribution in [1.82, 2.24) is 5.32 Å². The minimum Gasteiger partial charge on any atom is -0.457 e. The van der Waals surface area contributed by atoms with Gasteiger partial charge in [0.1, 0.15) is 23.0 Å². The highest BCUT2D eigenvalue weighted by Crippen LogP contribution is 2.24. The first-order chi connectivity index (χ1) is 9.05. The van der Waals surface area contributed by atoms with Crippen molar-refractivity contribution in [2.75, 3.05) is 7.05 Å². The van der Waals surface area contributed by atoms with E-state index in [4.69, 9.17) is 9.68 Å². The summed E-state index contributed by atoms with van der Waals surface area (Å²) in [6.07, 6.45) is 1.45. The molecule has 2 aromatic rings. The molecule has 0 spiro atoms. The molecule has 0 bridgehead atoms. The number of nitrogens with one attached hydrogen (secondary N) is 1. The van der Waals surface area contributed by atoms with E-state index in [0.29, 0.717) is 5.76 Å². The number of carbonyl (C=O) groups is 1. The van der Waals surface area contributed by atoms with E-state index in [0.717, 1.165) is 16.5 Å². The minimum atomic E-state index is -0.421. The van der Waals surface area contributed by atoms with Gasteiger partial charge in [-0.3, -0.25) is 4.79 Å². The van der Waals surface area contributed by atoms with Crippen LogP contribution in [0.15, 0.2) is 28.2 Å². The highest BCUT2D eigenvalue weighted by Gasteiger charge is 2.09. The molecule has 96 valence electrons. The van der Waals surface area contributed by atoms with Crippen molar-refractivity contribution in [3.05, 3.63) is 40.7 Å². The predicted octanol–water partition coefficient (Wildman–Crippen LogP) is 2.70. The number of rotatable bonds is 2. The predicted molar refractivity (Wildman–Crippen MR) is 73.3 cm³/mol. The Hall–Kier alpha value is -2.54. The second kappa shape index (κ2) is 4.99. The van der Waals surface area contributed by atoms with Crippen LogP contribution in [0.2, 0.25) is 0 Å². The monoisotopic (exact) mass is 254 g/mol. The van der Waals surface area contributed by atoms with E-state index in [-0.39, 0.29) is 5.57 Å². The van der Waals surface area contributed by atoms with Crippen LogP contribution in [0.25, 0.3) is 17.0 Å². The molecule has 0 aliphatic carbocycles. The number of hydrogen-bond donors (Lipinski definition) is 1. The van der Waals surface area contributed by atoms with Gasteiger partial charge < -0.3 is 9.73 Å². The van der Waals surface area contributed by atoms with Crippen LogP contribution < -0.4 is 5.32 Å². The van der Waals surface area contributed by atoms with Crippen LogP contribution >= 0.6 is 0 Å². The van der Waals surface area contributed by atoms with Gasteiger partial charge in [-0.05, 0) is 43.2 Å². The number of likely N-dealkylation sites (N-methyl/N-ethyl adjacent to an activating group) is 1. The Kier molecular flexibility index (Phi) is 3.39. The molecule has 0 saturated carbocycles. The van der Waals surface area contributed by atoms with Crippen LogP contribution in [0.1, 0.15) is 16.9 Å². The van der Waals surface area contributed by atoms with Crippen molar-refractivity contribution in [2.45, 2.75) is 13.8 Å². The van der Waals surface area contributed by atoms with Gasteiger partial charge in [-0.1, -0.05) is 0 Å². The maximum Gasteiger partial charge on any atom is 0.261 e. The van der Waals surface area contributed by atoms with Crippen LogP contribution in [0.3, 0.4) is 0 Å². The quantitative estimate of drug-likeness (QED) is 0.662. The molecule has 19 heavy (non-hydrogen) atoms. The SMILES string of the molecule is CNC(=O)/C(C#N)=C/c1cc2cc(C)c(C)cc2o1. The van der Waals surface area contributed by atoms with Gasteiger partial charge in [0, 0.05) is 18.5 Å². The van der Waals surface area contributed by atoms with Gasteiger partial charge in [-0.25, -0.2) is 0 Å². The molecule has 4 nitrogen and oxygen atoms in total. The average molecular weight is 254 g/mol. The first-order valence-electron chi connectivity index (χ1n) is 5.90. The smallest absolute Gasteiger partial charge is 0.261 e. The normalized spacial score (nSPS) is 11.4. The number of fused-ring (bicyclic) bond motifs is 1. The molecule has 0 unspecified atom stereocenters. The Bertz CT molecular complexity index is 679. The highest BCUT2D eigenvalue weighted by molar-refractivity contribution is 6.01. The third-order valence-electron chi connectivity index (χ3n) is 3.03. The molecule has 0 radical (unpaired) electrons. The van der Waals surface area contributed by atoms with Gasteiger partial charge in [-0.15, -0.1) is 0 Å². The molecule has 0 fully saturated rings.